The summed E-state index contributed by atoms with van der Waals surface area (Å²) in [5.41, 5.74) is 8.71. The fourth-order valence-electron chi connectivity index (χ4n) is 1.71. The third-order valence-electron chi connectivity index (χ3n) is 2.72. The van der Waals surface area contributed by atoms with Crippen LogP contribution in [0.25, 0.3) is 0 Å². The van der Waals surface area contributed by atoms with Crippen LogP contribution >= 0.6 is 0 Å². The average molecular weight is 259 g/mol. The minimum Gasteiger partial charge on any atom is -0.399 e. The molecule has 6 nitrogen and oxygen atoms in total. The van der Waals surface area contributed by atoms with Crippen molar-refractivity contribution in [3.05, 3.63) is 41.7 Å². The number of carbonyl (C=O) groups excluding carboxylic acids is 1. The Morgan fingerprint density at radius 1 is 1.47 bits per heavy atom. The largest absolute Gasteiger partial charge is 0.399 e. The number of nitrogens with two attached hydrogens (primary N) is 1. The van der Waals surface area contributed by atoms with Crippen LogP contribution in [0.3, 0.4) is 0 Å². The number of nitrogens with one attached hydrogen (secondary N) is 2. The topological polar surface area (TPSA) is 87.0 Å². The van der Waals surface area contributed by atoms with Crippen LogP contribution in [0.2, 0.25) is 0 Å². The van der Waals surface area contributed by atoms with Gasteiger partial charge in [0.2, 0.25) is 0 Å². The van der Waals surface area contributed by atoms with Gasteiger partial charge in [0.05, 0.1) is 11.8 Å². The molecule has 100 valence electrons. The molecule has 1 aromatic heterocycles. The predicted molar refractivity (Wildman–Crippen MR) is 74.8 cm³/mol. The predicted octanol–water partition coefficient (Wildman–Crippen LogP) is 1.31. The van der Waals surface area contributed by atoms with Crippen molar-refractivity contribution in [3.63, 3.8) is 0 Å². The van der Waals surface area contributed by atoms with Crippen LogP contribution in [0.5, 0.6) is 0 Å². The second-order valence-corrected chi connectivity index (χ2v) is 4.46. The normalized spacial score (nSPS) is 10.2. The van der Waals surface area contributed by atoms with Gasteiger partial charge in [0.15, 0.2) is 0 Å². The number of hydrogen-bond donors (Lipinski definition) is 3. The minimum atomic E-state index is -0.0605. The Balaban J connectivity index is 2.22. The first-order chi connectivity index (χ1) is 9.08. The molecule has 1 heterocycles. The van der Waals surface area contributed by atoms with E-state index < -0.39 is 0 Å². The van der Waals surface area contributed by atoms with Gasteiger partial charge in [-0.3, -0.25) is 9.89 Å². The van der Waals surface area contributed by atoms with E-state index in [9.17, 15) is 4.79 Å². The number of hydrogen-bond acceptors (Lipinski definition) is 4. The Hall–Kier alpha value is -2.50. The number of amides is 1. The lowest BCUT2D eigenvalue weighted by Gasteiger charge is -2.15. The highest BCUT2D eigenvalue weighted by atomic mass is 16.2. The molecule has 0 spiro atoms. The maximum Gasteiger partial charge on any atom is 0.255 e. The van der Waals surface area contributed by atoms with E-state index in [0.29, 0.717) is 17.8 Å². The van der Waals surface area contributed by atoms with Crippen molar-refractivity contribution in [2.75, 3.05) is 25.1 Å². The second-order valence-electron chi connectivity index (χ2n) is 4.46. The van der Waals surface area contributed by atoms with Gasteiger partial charge in [0.1, 0.15) is 0 Å². The van der Waals surface area contributed by atoms with Crippen molar-refractivity contribution in [1.29, 1.82) is 0 Å². The molecule has 0 bridgehead atoms. The molecule has 0 aliphatic rings. The zero-order valence-electron chi connectivity index (χ0n) is 11.0. The van der Waals surface area contributed by atoms with Crippen molar-refractivity contribution in [2.24, 2.45) is 0 Å². The zero-order chi connectivity index (χ0) is 13.8. The van der Waals surface area contributed by atoms with Gasteiger partial charge in [-0.25, -0.2) is 0 Å². The molecule has 2 aromatic rings. The first-order valence-electron chi connectivity index (χ1n) is 5.90. The van der Waals surface area contributed by atoms with Crippen LogP contribution in [0.4, 0.5) is 11.4 Å². The number of aromatic nitrogens is 2. The molecule has 0 atom stereocenters. The highest BCUT2D eigenvalue weighted by molar-refractivity contribution is 5.99. The van der Waals surface area contributed by atoms with Gasteiger partial charge in [-0.05, 0) is 18.2 Å². The van der Waals surface area contributed by atoms with E-state index in [1.807, 2.05) is 0 Å². The van der Waals surface area contributed by atoms with E-state index in [4.69, 9.17) is 5.73 Å². The monoisotopic (exact) mass is 259 g/mol. The molecule has 0 unspecified atom stereocenters. The van der Waals surface area contributed by atoms with Crippen LogP contribution in [0.1, 0.15) is 15.9 Å². The molecule has 0 saturated carbocycles. The summed E-state index contributed by atoms with van der Waals surface area (Å²) in [6, 6.07) is 5.21. The maximum absolute atomic E-state index is 12.1. The van der Waals surface area contributed by atoms with Crippen LogP contribution in [-0.4, -0.2) is 35.1 Å². The first kappa shape index (κ1) is 12.9. The summed E-state index contributed by atoms with van der Waals surface area (Å²) in [6.45, 7) is 0.577. The van der Waals surface area contributed by atoms with Crippen LogP contribution < -0.4 is 11.1 Å². The molecule has 0 fully saturated rings. The number of rotatable bonds is 4. The lowest BCUT2D eigenvalue weighted by Crippen LogP contribution is -2.23. The lowest BCUT2D eigenvalue weighted by molar-refractivity contribution is 0.0828. The third-order valence-corrected chi connectivity index (χ3v) is 2.72. The Morgan fingerprint density at radius 2 is 2.26 bits per heavy atom. The van der Waals surface area contributed by atoms with Crippen LogP contribution in [-0.2, 0) is 6.54 Å². The van der Waals surface area contributed by atoms with E-state index in [0.717, 1.165) is 11.3 Å². The molecular weight excluding hydrogens is 242 g/mol. The molecule has 0 aliphatic carbocycles. The zero-order valence-corrected chi connectivity index (χ0v) is 11.0. The number of nitrogens with zero attached hydrogens (tertiary/aromatic N) is 2. The molecular formula is C13H17N5O. The van der Waals surface area contributed by atoms with Crippen LogP contribution in [0.15, 0.2) is 30.6 Å². The highest BCUT2D eigenvalue weighted by Gasteiger charge is 2.13. The third kappa shape index (κ3) is 3.04. The number of benzene rings is 1. The minimum absolute atomic E-state index is 0.0605. The Bertz CT molecular complexity index is 562. The molecule has 2 rings (SSSR count). The van der Waals surface area contributed by atoms with Crippen LogP contribution in [0, 0.1) is 0 Å². The molecule has 0 aliphatic heterocycles. The summed E-state index contributed by atoms with van der Waals surface area (Å²) < 4.78 is 0. The number of anilines is 2. The molecule has 1 amide bonds. The molecule has 1 aromatic carbocycles. The van der Waals surface area contributed by atoms with Gasteiger partial charge >= 0.3 is 0 Å². The van der Waals surface area contributed by atoms with Crippen molar-refractivity contribution in [3.8, 4) is 0 Å². The Morgan fingerprint density at radius 3 is 2.89 bits per heavy atom. The molecule has 6 heteroatoms. The van der Waals surface area contributed by atoms with Gasteiger partial charge in [-0.15, -0.1) is 0 Å². The number of nitrogen functional groups attached to an aromatic ring is 1. The fourth-order valence-corrected chi connectivity index (χ4v) is 1.71. The molecule has 0 saturated heterocycles. The standard InChI is InChI=1S/C13H17N5O/c1-18(2)13(19)11-4-3-10(14)5-12(11)15-6-9-7-16-17-8-9/h3-5,7-8,15H,6,14H2,1-2H3,(H,16,17). The van der Waals surface area contributed by atoms with Gasteiger partial charge in [-0.1, -0.05) is 0 Å². The quantitative estimate of drug-likeness (QED) is 0.722. The molecule has 0 radical (unpaired) electrons. The molecule has 4 N–H and O–H groups in total. The second kappa shape index (κ2) is 5.43. The van der Waals surface area contributed by atoms with E-state index >= 15 is 0 Å². The maximum atomic E-state index is 12.1. The number of H-pyrrole nitrogens is 1. The van der Waals surface area contributed by atoms with Gasteiger partial charge < -0.3 is 16.0 Å². The summed E-state index contributed by atoms with van der Waals surface area (Å²) >= 11 is 0. The molecule has 19 heavy (non-hydrogen) atoms. The van der Waals surface area contributed by atoms with Gasteiger partial charge in [0, 0.05) is 43.8 Å². The average Bonchev–Trinajstić information content (AvgIpc) is 2.88. The fraction of sp³-hybridized carbons (Fsp3) is 0.231. The van der Waals surface area contributed by atoms with Crippen molar-refractivity contribution >= 4 is 17.3 Å². The van der Waals surface area contributed by atoms with Crippen molar-refractivity contribution in [2.45, 2.75) is 6.54 Å². The summed E-state index contributed by atoms with van der Waals surface area (Å²) in [6.07, 6.45) is 3.53. The summed E-state index contributed by atoms with van der Waals surface area (Å²) in [4.78, 5) is 13.6. The summed E-state index contributed by atoms with van der Waals surface area (Å²) in [5.74, 6) is -0.0605. The van der Waals surface area contributed by atoms with E-state index in [2.05, 4.69) is 15.5 Å². The summed E-state index contributed by atoms with van der Waals surface area (Å²) in [7, 11) is 3.44. The smallest absolute Gasteiger partial charge is 0.255 e. The summed E-state index contributed by atoms with van der Waals surface area (Å²) in [5, 5.41) is 9.82. The van der Waals surface area contributed by atoms with Gasteiger partial charge in [0.25, 0.3) is 5.91 Å². The van der Waals surface area contributed by atoms with Crippen molar-refractivity contribution < 1.29 is 4.79 Å². The van der Waals surface area contributed by atoms with Crippen molar-refractivity contribution in [1.82, 2.24) is 15.1 Å². The SMILES string of the molecule is CN(C)C(=O)c1ccc(N)cc1NCc1cn[nH]c1. The Kier molecular flexibility index (Phi) is 3.70. The van der Waals surface area contributed by atoms with E-state index in [1.165, 1.54) is 4.90 Å². The number of aromatic amines is 1. The highest BCUT2D eigenvalue weighted by Crippen LogP contribution is 2.21. The van der Waals surface area contributed by atoms with Gasteiger partial charge in [-0.2, -0.15) is 5.10 Å². The number of carbonyl (C=O) groups is 1. The lowest BCUT2D eigenvalue weighted by atomic mass is 10.1. The first-order valence-corrected chi connectivity index (χ1v) is 5.90. The Labute approximate surface area is 111 Å². The van der Waals surface area contributed by atoms with E-state index in [-0.39, 0.29) is 5.91 Å². The van der Waals surface area contributed by atoms with E-state index in [1.54, 1.807) is 44.7 Å².